The molecule has 0 bridgehead atoms. The van der Waals surface area contributed by atoms with Gasteiger partial charge in [0.2, 0.25) is 0 Å². The van der Waals surface area contributed by atoms with Gasteiger partial charge in [0.1, 0.15) is 0 Å². The summed E-state index contributed by atoms with van der Waals surface area (Å²) in [6.07, 6.45) is -1.52. The van der Waals surface area contributed by atoms with E-state index in [0.717, 1.165) is 0 Å². The Balaban J connectivity index is -0.0000000168. The molecule has 0 amide bonds. The first-order valence-corrected chi connectivity index (χ1v) is 34.5. The molecule has 0 aliphatic carbocycles. The SMILES string of the molecule is C.C.C.C.C.C.C.C.C.C.C.C.C.C.C.C.C.C.C.C.C.C.C.C.CC(CO)C(C)CO.CC(CO)OC(C)CO.CC(CO)OCCO.CC(O)COC(C)CO.CC(O)COCC(C)O.CC(O)COCCCO.CC(O)COCCO.OCCCOCCO.OCCO.OCCO.OCCO.OCCO.OCCO.OCCO.OCCO.OCCO.OCCOCCO. The first-order chi connectivity index (χ1) is 50.7. The Morgan fingerprint density at radius 3 is 0.473 bits per heavy atom. The van der Waals surface area contributed by atoms with Crippen LogP contribution in [-0.4, -0.2) is 499 Å². The molecule has 34 N–H and O–H groups in total. The normalized spacial score (nSPS) is 10.2. The third-order valence-electron chi connectivity index (χ3n) is 8.23. The van der Waals surface area contributed by atoms with Crippen LogP contribution in [0.3, 0.4) is 0 Å². The van der Waals surface area contributed by atoms with Crippen LogP contribution in [0.25, 0.3) is 0 Å². The van der Waals surface area contributed by atoms with Crippen molar-refractivity contribution in [1.29, 1.82) is 0 Å². The quantitative estimate of drug-likeness (QED) is 0.0388. The van der Waals surface area contributed by atoms with E-state index in [1.54, 1.807) is 62.3 Å². The van der Waals surface area contributed by atoms with Crippen molar-refractivity contribution >= 4 is 0 Å². The monoisotopic (exact) mass is 2000 g/mol. The fourth-order valence-electron chi connectivity index (χ4n) is 3.22. The van der Waals surface area contributed by atoms with Crippen LogP contribution in [0.15, 0.2) is 0 Å². The Hall–Kier alpha value is -1.68. The van der Waals surface area contributed by atoms with E-state index in [-0.39, 0.29) is 406 Å². The minimum absolute atomic E-state index is 0. The predicted octanol–water partition coefficient (Wildman–Crippen LogP) is 3.46. The van der Waals surface area contributed by atoms with E-state index < -0.39 is 30.5 Å². The lowest BCUT2D eigenvalue weighted by Gasteiger charge is -2.14. The van der Waals surface area contributed by atoms with Gasteiger partial charge in [0.15, 0.2) is 0 Å². The molecule has 0 aromatic heterocycles. The van der Waals surface area contributed by atoms with E-state index in [0.29, 0.717) is 92.1 Å². The highest BCUT2D eigenvalue weighted by Gasteiger charge is 2.08. The van der Waals surface area contributed by atoms with E-state index >= 15 is 0 Å². The number of ether oxygens (including phenoxy) is 8. The molecule has 0 heterocycles. The summed E-state index contributed by atoms with van der Waals surface area (Å²) in [4.78, 5) is 0. The van der Waals surface area contributed by atoms with Crippen LogP contribution in [0, 0.1) is 11.8 Å². The summed E-state index contributed by atoms with van der Waals surface area (Å²) >= 11 is 0. The standard InChI is InChI=1S/4C6H14O3.C6H14O2.3C5H12O3.C4H10O3.8C2H6O2.24CH4/c1-5(8)4-9-6(2)3-7;1-5(7)3-9-4-6(2)8;1-5(3-7)9-6(2)4-8;1-6(8)5-9-4-2-3-7;1-5(3-7)6(2)4-8;1-5(7)4-8-3-2-6;1-5(4-7)8-3-2-6;6-2-1-4-8-5-3-7;5-1-3-7-4-2-6;8*3-1-2-4;;;;;;;;;;;;;;;;;;;;;;;;/h3*5-8H,3-4H2,1-2H3;6-8H,2-5H2,1H3;5-8H,3-4H2,1-2H3;2*5-7H,2-4H2,1H3;6-7H,1-5H2;5-6H,1-4H2;8*3-4H,1-2H2;24*1H4. The van der Waals surface area contributed by atoms with Crippen molar-refractivity contribution in [2.75, 3.05) is 271 Å². The summed E-state index contributed by atoms with van der Waals surface area (Å²) in [6, 6.07) is 0. The molecule has 0 aromatic carbocycles. The Kier molecular flexibility index (Phi) is 640. The molecule has 0 aliphatic rings. The van der Waals surface area contributed by atoms with Crippen molar-refractivity contribution in [1.82, 2.24) is 0 Å². The maximum absolute atomic E-state index is 8.69. The van der Waals surface area contributed by atoms with E-state index in [2.05, 4.69) is 4.74 Å². The van der Waals surface area contributed by atoms with Gasteiger partial charge in [0.05, 0.1) is 286 Å². The molecule has 0 rings (SSSR count). The van der Waals surface area contributed by atoms with Crippen molar-refractivity contribution < 1.29 is 212 Å². The number of hydrogen-bond donors (Lipinski definition) is 34. The van der Waals surface area contributed by atoms with Crippen LogP contribution < -0.4 is 0 Å². The lowest BCUT2D eigenvalue weighted by atomic mass is 9.98. The molecule has 0 aliphatic heterocycles. The van der Waals surface area contributed by atoms with Gasteiger partial charge in [-0.15, -0.1) is 0 Å². The minimum atomic E-state index is -0.445. The highest BCUT2D eigenvalue weighted by Crippen LogP contribution is 2.07. The van der Waals surface area contributed by atoms with Crippen LogP contribution in [0.4, 0.5) is 0 Å². The van der Waals surface area contributed by atoms with Gasteiger partial charge in [0, 0.05) is 39.6 Å². The fourth-order valence-corrected chi connectivity index (χ4v) is 3.22. The maximum Gasteiger partial charge on any atom is 0.0782 e. The van der Waals surface area contributed by atoms with E-state index in [1.807, 2.05) is 13.8 Å². The summed E-state index contributed by atoms with van der Waals surface area (Å²) < 4.78 is 38.8. The van der Waals surface area contributed by atoms with Crippen LogP contribution in [0.2, 0.25) is 0 Å². The minimum Gasteiger partial charge on any atom is -0.396 e. The third-order valence-corrected chi connectivity index (χ3v) is 8.23. The molecule has 131 heavy (non-hydrogen) atoms. The molecule has 0 saturated carbocycles. The van der Waals surface area contributed by atoms with Gasteiger partial charge in [0.25, 0.3) is 0 Å². The lowest BCUT2D eigenvalue weighted by molar-refractivity contribution is -0.0424. The third kappa shape index (κ3) is 545. The summed E-state index contributed by atoms with van der Waals surface area (Å²) in [5.41, 5.74) is 0. The topological polar surface area (TPSA) is 762 Å². The zero-order valence-corrected chi connectivity index (χ0v) is 66.2. The van der Waals surface area contributed by atoms with E-state index in [4.69, 9.17) is 207 Å². The molecule has 42 heteroatoms. The van der Waals surface area contributed by atoms with Crippen molar-refractivity contribution in [2.45, 2.75) is 322 Å². The Labute approximate surface area is 813 Å². The predicted molar refractivity (Wildman–Crippen MR) is 558 cm³/mol. The van der Waals surface area contributed by atoms with Gasteiger partial charge in [-0.25, -0.2) is 0 Å². The first-order valence-electron chi connectivity index (χ1n) is 34.5. The smallest absolute Gasteiger partial charge is 0.0782 e. The Bertz CT molecular complexity index is 1080. The zero-order chi connectivity index (χ0) is 87.4. The van der Waals surface area contributed by atoms with Crippen LogP contribution >= 0.6 is 0 Å². The lowest BCUT2D eigenvalue weighted by Crippen LogP contribution is -2.22. The van der Waals surface area contributed by atoms with Crippen LogP contribution in [0.1, 0.15) is 267 Å². The first kappa shape index (κ1) is 273. The summed E-state index contributed by atoms with van der Waals surface area (Å²) in [5.74, 6) is 0.444. The van der Waals surface area contributed by atoms with Crippen molar-refractivity contribution in [3.05, 3.63) is 0 Å². The molecule has 0 saturated heterocycles. The summed E-state index contributed by atoms with van der Waals surface area (Å²) in [7, 11) is 0. The molecule has 868 valence electrons. The van der Waals surface area contributed by atoms with Gasteiger partial charge < -0.3 is 212 Å². The number of hydrogen-bond acceptors (Lipinski definition) is 42. The maximum atomic E-state index is 8.69. The van der Waals surface area contributed by atoms with Crippen molar-refractivity contribution in [3.63, 3.8) is 0 Å². The fraction of sp³-hybridized carbons (Fsp3) is 1.00. The second-order valence-electron chi connectivity index (χ2n) is 20.1. The van der Waals surface area contributed by atoms with Gasteiger partial charge in [-0.2, -0.15) is 0 Å². The summed E-state index contributed by atoms with van der Waals surface area (Å²) in [6.45, 7) is 22.2. The van der Waals surface area contributed by atoms with Gasteiger partial charge in [-0.3, -0.25) is 0 Å². The van der Waals surface area contributed by atoms with Crippen molar-refractivity contribution in [2.24, 2.45) is 11.8 Å². The summed E-state index contributed by atoms with van der Waals surface area (Å²) in [5, 5.41) is 273. The molecule has 0 radical (unpaired) electrons. The molecule has 11 unspecified atom stereocenters. The van der Waals surface area contributed by atoms with Gasteiger partial charge in [-0.1, -0.05) is 192 Å². The van der Waals surface area contributed by atoms with Crippen molar-refractivity contribution in [3.8, 4) is 0 Å². The second kappa shape index (κ2) is 307. The molecular formula is C89H260O42. The van der Waals surface area contributed by atoms with E-state index in [1.165, 1.54) is 0 Å². The van der Waals surface area contributed by atoms with Gasteiger partial charge >= 0.3 is 0 Å². The molecule has 0 aromatic rings. The van der Waals surface area contributed by atoms with E-state index in [9.17, 15) is 0 Å². The Morgan fingerprint density at radius 1 is 0.153 bits per heavy atom. The number of aliphatic hydroxyl groups excluding tert-OH is 34. The molecular weight excluding hydrogens is 1740 g/mol. The second-order valence-corrected chi connectivity index (χ2v) is 20.1. The van der Waals surface area contributed by atoms with Crippen LogP contribution in [0.5, 0.6) is 0 Å². The number of aliphatic hydroxyl groups is 34. The highest BCUT2D eigenvalue weighted by molar-refractivity contribution is 4.57. The average Bonchev–Trinajstić information content (AvgIpc) is 1.01. The van der Waals surface area contributed by atoms with Crippen LogP contribution in [-0.2, 0) is 37.9 Å². The van der Waals surface area contributed by atoms with Gasteiger partial charge in [-0.05, 0) is 87.0 Å². The molecule has 42 nitrogen and oxygen atoms in total. The average molecular weight is 2000 g/mol. The molecule has 0 fully saturated rings. The number of rotatable bonds is 45. The zero-order valence-electron chi connectivity index (χ0n) is 66.2. The Morgan fingerprint density at radius 2 is 0.313 bits per heavy atom. The largest absolute Gasteiger partial charge is 0.396 e. The molecule has 11 atom stereocenters. The highest BCUT2D eigenvalue weighted by atomic mass is 16.5. The molecule has 0 spiro atoms.